The molecule has 2 aromatic carbocycles. The van der Waals surface area contributed by atoms with Gasteiger partial charge in [0.15, 0.2) is 0 Å². The molecule has 0 unspecified atom stereocenters. The van der Waals surface area contributed by atoms with Crippen molar-refractivity contribution in [2.45, 2.75) is 0 Å². The van der Waals surface area contributed by atoms with Crippen molar-refractivity contribution in [3.05, 3.63) is 71.8 Å². The molecule has 2 rings (SSSR count). The van der Waals surface area contributed by atoms with Gasteiger partial charge in [-0.1, -0.05) is 36.4 Å². The number of hydrogen-bond donors (Lipinski definition) is 1. The molecule has 0 heterocycles. The number of benzene rings is 2. The van der Waals surface area contributed by atoms with Gasteiger partial charge < -0.3 is 9.84 Å². The summed E-state index contributed by atoms with van der Waals surface area (Å²) in [7, 11) is 0. The predicted octanol–water partition coefficient (Wildman–Crippen LogP) is 3.00. The van der Waals surface area contributed by atoms with E-state index in [1.165, 1.54) is 30.3 Å². The fourth-order valence-corrected chi connectivity index (χ4v) is 1.57. The molecular formula is C16H12O4. The van der Waals surface area contributed by atoms with Crippen molar-refractivity contribution in [1.82, 2.24) is 0 Å². The first-order valence-corrected chi connectivity index (χ1v) is 5.93. The van der Waals surface area contributed by atoms with Crippen LogP contribution in [0.3, 0.4) is 0 Å². The average molecular weight is 268 g/mol. The molecule has 0 bridgehead atoms. The van der Waals surface area contributed by atoms with Crippen molar-refractivity contribution in [3.63, 3.8) is 0 Å². The molecule has 0 atom stereocenters. The van der Waals surface area contributed by atoms with E-state index in [0.29, 0.717) is 0 Å². The minimum Gasteiger partial charge on any atom is -0.478 e. The zero-order valence-electron chi connectivity index (χ0n) is 10.5. The Morgan fingerprint density at radius 3 is 2.45 bits per heavy atom. The molecule has 0 saturated carbocycles. The maximum absolute atomic E-state index is 11.6. The molecule has 0 spiro atoms. The third kappa shape index (κ3) is 3.81. The number of aromatic carboxylic acids is 1. The molecule has 0 aliphatic carbocycles. The number of carbonyl (C=O) groups is 2. The van der Waals surface area contributed by atoms with Gasteiger partial charge >= 0.3 is 11.9 Å². The molecule has 0 amide bonds. The number of carbonyl (C=O) groups excluding carboxylic acids is 1. The third-order valence-corrected chi connectivity index (χ3v) is 2.51. The van der Waals surface area contributed by atoms with E-state index in [1.807, 2.05) is 30.3 Å². The van der Waals surface area contributed by atoms with Crippen LogP contribution in [0.2, 0.25) is 0 Å². The number of carboxylic acid groups (broad SMARTS) is 1. The molecule has 1 N–H and O–H groups in total. The Bertz CT molecular complexity index is 645. The van der Waals surface area contributed by atoms with Crippen LogP contribution in [-0.4, -0.2) is 17.0 Å². The molecule has 20 heavy (non-hydrogen) atoms. The molecule has 100 valence electrons. The van der Waals surface area contributed by atoms with Gasteiger partial charge in [-0.2, -0.15) is 0 Å². The van der Waals surface area contributed by atoms with Gasteiger partial charge in [0, 0.05) is 6.08 Å². The van der Waals surface area contributed by atoms with E-state index in [0.717, 1.165) is 5.56 Å². The number of carboxylic acids is 1. The second kappa shape index (κ2) is 6.33. The van der Waals surface area contributed by atoms with E-state index >= 15 is 0 Å². The van der Waals surface area contributed by atoms with Crippen molar-refractivity contribution in [1.29, 1.82) is 0 Å². The Morgan fingerprint density at radius 2 is 1.75 bits per heavy atom. The lowest BCUT2D eigenvalue weighted by Crippen LogP contribution is -2.05. The second-order valence-corrected chi connectivity index (χ2v) is 4.00. The Kier molecular flexibility index (Phi) is 4.29. The maximum atomic E-state index is 11.6. The highest BCUT2D eigenvalue weighted by Gasteiger charge is 2.05. The van der Waals surface area contributed by atoms with Gasteiger partial charge in [0.25, 0.3) is 0 Å². The lowest BCUT2D eigenvalue weighted by molar-refractivity contribution is -0.128. The first-order chi connectivity index (χ1) is 9.65. The highest BCUT2D eigenvalue weighted by atomic mass is 16.5. The van der Waals surface area contributed by atoms with Gasteiger partial charge in [-0.05, 0) is 29.8 Å². The van der Waals surface area contributed by atoms with Crippen molar-refractivity contribution in [3.8, 4) is 5.75 Å². The maximum Gasteiger partial charge on any atom is 0.336 e. The molecule has 0 aliphatic rings. The van der Waals surface area contributed by atoms with Gasteiger partial charge in [0.2, 0.25) is 0 Å². The lowest BCUT2D eigenvalue weighted by Gasteiger charge is -2.02. The molecule has 4 nitrogen and oxygen atoms in total. The summed E-state index contributed by atoms with van der Waals surface area (Å²) in [4.78, 5) is 22.4. The van der Waals surface area contributed by atoms with E-state index in [9.17, 15) is 9.59 Å². The standard InChI is InChI=1S/C16H12O4/c17-15(10-9-12-5-2-1-3-6-12)20-14-8-4-7-13(11-14)16(18)19/h1-11H,(H,18,19)/b10-9+. The number of rotatable bonds is 4. The molecule has 4 heteroatoms. The van der Waals surface area contributed by atoms with Crippen LogP contribution < -0.4 is 4.74 Å². The van der Waals surface area contributed by atoms with E-state index in [-0.39, 0.29) is 11.3 Å². The van der Waals surface area contributed by atoms with Crippen LogP contribution in [0.15, 0.2) is 60.7 Å². The van der Waals surface area contributed by atoms with Gasteiger partial charge in [-0.15, -0.1) is 0 Å². The first-order valence-electron chi connectivity index (χ1n) is 5.93. The lowest BCUT2D eigenvalue weighted by atomic mass is 10.2. The van der Waals surface area contributed by atoms with E-state index in [2.05, 4.69) is 0 Å². The van der Waals surface area contributed by atoms with Crippen LogP contribution in [0.5, 0.6) is 5.75 Å². The quantitative estimate of drug-likeness (QED) is 0.526. The Hall–Kier alpha value is -2.88. The Morgan fingerprint density at radius 1 is 1.00 bits per heavy atom. The summed E-state index contributed by atoms with van der Waals surface area (Å²) in [5.74, 6) is -1.42. The fourth-order valence-electron chi connectivity index (χ4n) is 1.57. The Balaban J connectivity index is 2.03. The third-order valence-electron chi connectivity index (χ3n) is 2.51. The molecule has 0 radical (unpaired) electrons. The molecule has 0 saturated heterocycles. The first kappa shape index (κ1) is 13.5. The van der Waals surface area contributed by atoms with Crippen LogP contribution in [0.4, 0.5) is 0 Å². The number of esters is 1. The smallest absolute Gasteiger partial charge is 0.336 e. The van der Waals surface area contributed by atoms with Crippen LogP contribution in [0.1, 0.15) is 15.9 Å². The zero-order chi connectivity index (χ0) is 14.4. The van der Waals surface area contributed by atoms with E-state index in [4.69, 9.17) is 9.84 Å². The van der Waals surface area contributed by atoms with Crippen LogP contribution >= 0.6 is 0 Å². The summed E-state index contributed by atoms with van der Waals surface area (Å²) in [6.45, 7) is 0. The van der Waals surface area contributed by atoms with Gasteiger partial charge in [-0.3, -0.25) is 0 Å². The van der Waals surface area contributed by atoms with Crippen LogP contribution in [0.25, 0.3) is 6.08 Å². The molecule has 0 aliphatic heterocycles. The number of hydrogen-bond acceptors (Lipinski definition) is 3. The highest BCUT2D eigenvalue weighted by molar-refractivity contribution is 5.90. The summed E-state index contributed by atoms with van der Waals surface area (Å²) < 4.78 is 5.04. The van der Waals surface area contributed by atoms with Gasteiger partial charge in [0.05, 0.1) is 5.56 Å². The average Bonchev–Trinajstić information content (AvgIpc) is 2.46. The zero-order valence-corrected chi connectivity index (χ0v) is 10.5. The molecule has 2 aromatic rings. The monoisotopic (exact) mass is 268 g/mol. The predicted molar refractivity (Wildman–Crippen MR) is 74.5 cm³/mol. The van der Waals surface area contributed by atoms with Gasteiger partial charge in [0.1, 0.15) is 5.75 Å². The summed E-state index contributed by atoms with van der Waals surface area (Å²) >= 11 is 0. The molecular weight excluding hydrogens is 256 g/mol. The summed E-state index contributed by atoms with van der Waals surface area (Å²) in [5, 5.41) is 8.84. The summed E-state index contributed by atoms with van der Waals surface area (Å²) in [5.41, 5.74) is 0.950. The van der Waals surface area contributed by atoms with Crippen molar-refractivity contribution in [2.24, 2.45) is 0 Å². The van der Waals surface area contributed by atoms with Crippen molar-refractivity contribution in [2.75, 3.05) is 0 Å². The van der Waals surface area contributed by atoms with Crippen molar-refractivity contribution < 1.29 is 19.4 Å². The van der Waals surface area contributed by atoms with Crippen LogP contribution in [0, 0.1) is 0 Å². The van der Waals surface area contributed by atoms with Crippen molar-refractivity contribution >= 4 is 18.0 Å². The Labute approximate surface area is 115 Å². The summed E-state index contributed by atoms with van der Waals surface area (Å²) in [6, 6.07) is 15.1. The van der Waals surface area contributed by atoms with Crippen LogP contribution in [-0.2, 0) is 4.79 Å². The number of ether oxygens (including phenoxy) is 1. The van der Waals surface area contributed by atoms with E-state index < -0.39 is 11.9 Å². The summed E-state index contributed by atoms with van der Waals surface area (Å²) in [6.07, 6.45) is 2.92. The molecule has 0 fully saturated rings. The SMILES string of the molecule is O=C(/C=C/c1ccccc1)Oc1cccc(C(=O)O)c1. The van der Waals surface area contributed by atoms with E-state index in [1.54, 1.807) is 6.08 Å². The molecule has 0 aromatic heterocycles. The topological polar surface area (TPSA) is 63.6 Å². The van der Waals surface area contributed by atoms with Gasteiger partial charge in [-0.25, -0.2) is 9.59 Å². The minimum atomic E-state index is -1.07. The largest absolute Gasteiger partial charge is 0.478 e. The normalized spacial score (nSPS) is 10.4. The highest BCUT2D eigenvalue weighted by Crippen LogP contribution is 2.14. The fraction of sp³-hybridized carbons (Fsp3) is 0. The second-order valence-electron chi connectivity index (χ2n) is 4.00. The minimum absolute atomic E-state index is 0.0716.